The smallest absolute Gasteiger partial charge is 0.236 e. The van der Waals surface area contributed by atoms with Crippen molar-refractivity contribution in [2.24, 2.45) is 0 Å². The van der Waals surface area contributed by atoms with Gasteiger partial charge in [0.05, 0.1) is 17.6 Å². The third-order valence-electron chi connectivity index (χ3n) is 2.30. The summed E-state index contributed by atoms with van der Waals surface area (Å²) < 4.78 is 25.1. The van der Waals surface area contributed by atoms with Gasteiger partial charge >= 0.3 is 0 Å². The maximum absolute atomic E-state index is 11.9. The van der Waals surface area contributed by atoms with Crippen molar-refractivity contribution in [3.05, 3.63) is 24.5 Å². The largest absolute Gasteiger partial charge is 0.314 e. The Morgan fingerprint density at radius 3 is 3.00 bits per heavy atom. The molecule has 0 radical (unpaired) electrons. The molecule has 6 heteroatoms. The lowest BCUT2D eigenvalue weighted by molar-refractivity contribution is 0.594. The van der Waals surface area contributed by atoms with Gasteiger partial charge in [-0.25, -0.2) is 8.42 Å². The van der Waals surface area contributed by atoms with E-state index >= 15 is 0 Å². The van der Waals surface area contributed by atoms with Gasteiger partial charge in [-0.1, -0.05) is 0 Å². The first-order valence-electron chi connectivity index (χ1n) is 4.81. The second-order valence-electron chi connectivity index (χ2n) is 3.35. The van der Waals surface area contributed by atoms with Crippen LogP contribution in [0.5, 0.6) is 0 Å². The fourth-order valence-electron chi connectivity index (χ4n) is 1.55. The van der Waals surface area contributed by atoms with Crippen LogP contribution < -0.4 is 9.62 Å². The van der Waals surface area contributed by atoms with Gasteiger partial charge in [-0.3, -0.25) is 9.29 Å². The second-order valence-corrected chi connectivity index (χ2v) is 5.36. The summed E-state index contributed by atoms with van der Waals surface area (Å²) in [6.45, 7) is 1.65. The van der Waals surface area contributed by atoms with Crippen molar-refractivity contribution < 1.29 is 8.42 Å². The molecule has 5 nitrogen and oxygen atoms in total. The first kappa shape index (κ1) is 10.4. The molecule has 1 aliphatic heterocycles. The van der Waals surface area contributed by atoms with E-state index in [0.29, 0.717) is 25.3 Å². The number of nitrogens with zero attached hydrogens (tertiary/aromatic N) is 2. The van der Waals surface area contributed by atoms with Gasteiger partial charge in [-0.2, -0.15) is 0 Å². The van der Waals surface area contributed by atoms with E-state index in [1.165, 1.54) is 4.31 Å². The Balaban J connectivity index is 2.34. The van der Waals surface area contributed by atoms with E-state index in [9.17, 15) is 8.42 Å². The molecular weight excluding hydrogens is 214 g/mol. The van der Waals surface area contributed by atoms with Crippen molar-refractivity contribution in [1.29, 1.82) is 0 Å². The van der Waals surface area contributed by atoms with Crippen molar-refractivity contribution in [1.82, 2.24) is 10.3 Å². The minimum atomic E-state index is -3.18. The first-order chi connectivity index (χ1) is 7.20. The van der Waals surface area contributed by atoms with Crippen LogP contribution in [0.2, 0.25) is 0 Å². The Hall–Kier alpha value is -1.14. The van der Waals surface area contributed by atoms with E-state index in [0.717, 1.165) is 0 Å². The van der Waals surface area contributed by atoms with Gasteiger partial charge in [0.2, 0.25) is 10.0 Å². The third-order valence-corrected chi connectivity index (χ3v) is 4.08. The van der Waals surface area contributed by atoms with E-state index in [1.54, 1.807) is 24.5 Å². The molecule has 1 fully saturated rings. The first-order valence-corrected chi connectivity index (χ1v) is 6.42. The van der Waals surface area contributed by atoms with Crippen LogP contribution in [-0.4, -0.2) is 38.8 Å². The molecule has 1 aliphatic rings. The minimum absolute atomic E-state index is 0.141. The van der Waals surface area contributed by atoms with Crippen molar-refractivity contribution in [3.63, 3.8) is 0 Å². The van der Waals surface area contributed by atoms with Gasteiger partial charge in [0, 0.05) is 25.8 Å². The molecule has 2 heterocycles. The van der Waals surface area contributed by atoms with Crippen LogP contribution in [0.15, 0.2) is 24.5 Å². The maximum atomic E-state index is 11.9. The molecular formula is C9H13N3O2S. The Bertz CT molecular complexity index is 418. The highest BCUT2D eigenvalue weighted by Crippen LogP contribution is 2.16. The molecule has 0 saturated carbocycles. The molecule has 1 saturated heterocycles. The van der Waals surface area contributed by atoms with Crippen LogP contribution in [0.25, 0.3) is 0 Å². The zero-order valence-electron chi connectivity index (χ0n) is 8.26. The SMILES string of the molecule is O=S1(=O)CCNCCN1c1cccnc1. The normalized spacial score (nSPS) is 20.9. The van der Waals surface area contributed by atoms with Crippen LogP contribution >= 0.6 is 0 Å². The predicted octanol–water partition coefficient (Wildman–Crippen LogP) is -0.179. The van der Waals surface area contributed by atoms with E-state index in [2.05, 4.69) is 10.3 Å². The standard InChI is InChI=1S/C9H13N3O2S/c13-15(14)7-5-10-4-6-12(15)9-2-1-3-11-8-9/h1-3,8,10H,4-7H2. The van der Waals surface area contributed by atoms with Crippen molar-refractivity contribution >= 4 is 15.7 Å². The number of rotatable bonds is 1. The summed E-state index contributed by atoms with van der Waals surface area (Å²) in [7, 11) is -3.18. The molecule has 0 aromatic carbocycles. The minimum Gasteiger partial charge on any atom is -0.314 e. The second kappa shape index (κ2) is 4.16. The lowest BCUT2D eigenvalue weighted by Gasteiger charge is -2.20. The van der Waals surface area contributed by atoms with Crippen LogP contribution in [0, 0.1) is 0 Å². The van der Waals surface area contributed by atoms with Crippen molar-refractivity contribution in [3.8, 4) is 0 Å². The number of sulfonamides is 1. The summed E-state index contributed by atoms with van der Waals surface area (Å²) in [4.78, 5) is 3.93. The molecule has 0 unspecified atom stereocenters. The Morgan fingerprint density at radius 2 is 2.27 bits per heavy atom. The topological polar surface area (TPSA) is 62.3 Å². The average molecular weight is 227 g/mol. The summed E-state index contributed by atoms with van der Waals surface area (Å²) in [5.41, 5.74) is 0.640. The van der Waals surface area contributed by atoms with Crippen molar-refractivity contribution in [2.75, 3.05) is 29.7 Å². The van der Waals surface area contributed by atoms with Crippen LogP contribution in [0.3, 0.4) is 0 Å². The number of hydrogen-bond donors (Lipinski definition) is 1. The third kappa shape index (κ3) is 2.27. The van der Waals surface area contributed by atoms with Gasteiger partial charge in [0.1, 0.15) is 0 Å². The van der Waals surface area contributed by atoms with E-state index < -0.39 is 10.0 Å². The van der Waals surface area contributed by atoms with Gasteiger partial charge in [0.25, 0.3) is 0 Å². The zero-order chi connectivity index (χ0) is 10.7. The number of anilines is 1. The number of pyridine rings is 1. The number of hydrogen-bond acceptors (Lipinski definition) is 4. The molecule has 0 amide bonds. The molecule has 1 N–H and O–H groups in total. The van der Waals surface area contributed by atoms with E-state index in [-0.39, 0.29) is 5.75 Å². The summed E-state index contributed by atoms with van der Waals surface area (Å²) in [6.07, 6.45) is 3.20. The average Bonchev–Trinajstić information content (AvgIpc) is 2.40. The molecule has 2 rings (SSSR count). The summed E-state index contributed by atoms with van der Waals surface area (Å²) >= 11 is 0. The lowest BCUT2D eigenvalue weighted by Crippen LogP contribution is -2.33. The van der Waals surface area contributed by atoms with Gasteiger partial charge in [-0.05, 0) is 12.1 Å². The van der Waals surface area contributed by atoms with E-state index in [4.69, 9.17) is 0 Å². The Labute approximate surface area is 89.2 Å². The molecule has 0 aliphatic carbocycles. The molecule has 0 spiro atoms. The number of nitrogens with one attached hydrogen (secondary N) is 1. The van der Waals surface area contributed by atoms with Crippen LogP contribution in [-0.2, 0) is 10.0 Å². The molecule has 1 aromatic rings. The van der Waals surface area contributed by atoms with Gasteiger partial charge < -0.3 is 5.32 Å². The number of aromatic nitrogens is 1. The maximum Gasteiger partial charge on any atom is 0.236 e. The Morgan fingerprint density at radius 1 is 1.40 bits per heavy atom. The fourth-order valence-corrected chi connectivity index (χ4v) is 2.97. The fraction of sp³-hybridized carbons (Fsp3) is 0.444. The van der Waals surface area contributed by atoms with Gasteiger partial charge in [-0.15, -0.1) is 0 Å². The molecule has 82 valence electrons. The summed E-state index contributed by atoms with van der Waals surface area (Å²) in [6, 6.07) is 3.50. The van der Waals surface area contributed by atoms with Crippen molar-refractivity contribution in [2.45, 2.75) is 0 Å². The molecule has 0 atom stereocenters. The monoisotopic (exact) mass is 227 g/mol. The molecule has 1 aromatic heterocycles. The van der Waals surface area contributed by atoms with Crippen LogP contribution in [0.4, 0.5) is 5.69 Å². The Kier molecular flexibility index (Phi) is 2.88. The predicted molar refractivity (Wildman–Crippen MR) is 58.2 cm³/mol. The van der Waals surface area contributed by atoms with E-state index in [1.807, 2.05) is 0 Å². The van der Waals surface area contributed by atoms with Gasteiger partial charge in [0.15, 0.2) is 0 Å². The highest BCUT2D eigenvalue weighted by atomic mass is 32.2. The lowest BCUT2D eigenvalue weighted by atomic mass is 10.4. The summed E-state index contributed by atoms with van der Waals surface area (Å²) in [5.74, 6) is 0.141. The molecule has 15 heavy (non-hydrogen) atoms. The summed E-state index contributed by atoms with van der Waals surface area (Å²) in [5, 5.41) is 3.06. The zero-order valence-corrected chi connectivity index (χ0v) is 9.07. The molecule has 0 bridgehead atoms. The highest BCUT2D eigenvalue weighted by molar-refractivity contribution is 7.92. The van der Waals surface area contributed by atoms with Crippen LogP contribution in [0.1, 0.15) is 0 Å². The quantitative estimate of drug-likeness (QED) is 0.723. The highest BCUT2D eigenvalue weighted by Gasteiger charge is 2.24.